The van der Waals surface area contributed by atoms with Crippen LogP contribution in [0.2, 0.25) is 0 Å². The number of aryl methyl sites for hydroxylation is 3. The molecule has 0 bridgehead atoms. The van der Waals surface area contributed by atoms with E-state index in [1.807, 2.05) is 32.9 Å². The van der Waals surface area contributed by atoms with Crippen molar-refractivity contribution < 1.29 is 13.2 Å². The van der Waals surface area contributed by atoms with Gasteiger partial charge >= 0.3 is 0 Å². The van der Waals surface area contributed by atoms with Crippen LogP contribution in [0.1, 0.15) is 29.5 Å². The van der Waals surface area contributed by atoms with Gasteiger partial charge in [0.05, 0.1) is 10.8 Å². The Morgan fingerprint density at radius 3 is 2.32 bits per heavy atom. The lowest BCUT2D eigenvalue weighted by molar-refractivity contribution is -0.120. The SMILES string of the molecule is Cc1ccc(S(=O)(=O)N2CCCC(C(=O)Nc3c(C)cc(Br)cc3C)C2)cc1. The van der Waals surface area contributed by atoms with Crippen molar-refractivity contribution in [3.63, 3.8) is 0 Å². The van der Waals surface area contributed by atoms with E-state index in [4.69, 9.17) is 0 Å². The number of nitrogens with one attached hydrogen (secondary N) is 1. The van der Waals surface area contributed by atoms with E-state index in [0.29, 0.717) is 19.4 Å². The maximum absolute atomic E-state index is 13.0. The van der Waals surface area contributed by atoms with Gasteiger partial charge in [-0.25, -0.2) is 8.42 Å². The van der Waals surface area contributed by atoms with Gasteiger partial charge in [-0.3, -0.25) is 4.79 Å². The van der Waals surface area contributed by atoms with E-state index < -0.39 is 10.0 Å². The maximum Gasteiger partial charge on any atom is 0.243 e. The summed E-state index contributed by atoms with van der Waals surface area (Å²) >= 11 is 3.46. The Labute approximate surface area is 175 Å². The van der Waals surface area contributed by atoms with Crippen LogP contribution in [0.15, 0.2) is 45.8 Å². The van der Waals surface area contributed by atoms with Gasteiger partial charge in [-0.2, -0.15) is 4.31 Å². The number of carbonyl (C=O) groups is 1. The molecule has 2 aromatic carbocycles. The third-order valence-electron chi connectivity index (χ3n) is 5.16. The molecule has 150 valence electrons. The highest BCUT2D eigenvalue weighted by Crippen LogP contribution is 2.28. The summed E-state index contributed by atoms with van der Waals surface area (Å²) in [5.74, 6) is -0.492. The standard InChI is InChI=1S/C21H25BrN2O3S/c1-14-6-8-19(9-7-14)28(26,27)24-10-4-5-17(13-24)21(25)23-20-15(2)11-18(22)12-16(20)3/h6-9,11-12,17H,4-5,10,13H2,1-3H3,(H,23,25). The van der Waals surface area contributed by atoms with E-state index in [0.717, 1.165) is 26.9 Å². The zero-order valence-electron chi connectivity index (χ0n) is 16.3. The molecule has 0 saturated carbocycles. The zero-order chi connectivity index (χ0) is 20.5. The first kappa shape index (κ1) is 21.0. The first-order valence-electron chi connectivity index (χ1n) is 9.33. The number of benzene rings is 2. The van der Waals surface area contributed by atoms with Crippen molar-refractivity contribution in [2.24, 2.45) is 5.92 Å². The van der Waals surface area contributed by atoms with Crippen molar-refractivity contribution in [2.75, 3.05) is 18.4 Å². The third kappa shape index (κ3) is 4.47. The number of rotatable bonds is 4. The van der Waals surface area contributed by atoms with Crippen LogP contribution in [0.25, 0.3) is 0 Å². The summed E-state index contributed by atoms with van der Waals surface area (Å²) in [4.78, 5) is 13.1. The second kappa shape index (κ2) is 8.35. The van der Waals surface area contributed by atoms with Crippen LogP contribution in [0.3, 0.4) is 0 Å². The van der Waals surface area contributed by atoms with E-state index in [2.05, 4.69) is 21.2 Å². The van der Waals surface area contributed by atoms with Crippen molar-refractivity contribution in [1.29, 1.82) is 0 Å². The molecule has 1 saturated heterocycles. The summed E-state index contributed by atoms with van der Waals surface area (Å²) < 4.78 is 28.3. The molecule has 1 N–H and O–H groups in total. The van der Waals surface area contributed by atoms with Crippen molar-refractivity contribution in [3.05, 3.63) is 57.6 Å². The molecule has 1 heterocycles. The highest BCUT2D eigenvalue weighted by atomic mass is 79.9. The van der Waals surface area contributed by atoms with Crippen molar-refractivity contribution in [3.8, 4) is 0 Å². The minimum Gasteiger partial charge on any atom is -0.325 e. The van der Waals surface area contributed by atoms with Gasteiger partial charge in [-0.05, 0) is 69.0 Å². The Morgan fingerprint density at radius 2 is 1.71 bits per heavy atom. The minimum atomic E-state index is -3.59. The van der Waals surface area contributed by atoms with Crippen LogP contribution in [-0.4, -0.2) is 31.7 Å². The number of hydrogen-bond acceptors (Lipinski definition) is 3. The highest BCUT2D eigenvalue weighted by Gasteiger charge is 2.33. The number of sulfonamides is 1. The summed E-state index contributed by atoms with van der Waals surface area (Å²) in [5, 5.41) is 3.01. The Hall–Kier alpha value is -1.70. The Balaban J connectivity index is 1.76. The minimum absolute atomic E-state index is 0.127. The van der Waals surface area contributed by atoms with Gasteiger partial charge < -0.3 is 5.32 Å². The van der Waals surface area contributed by atoms with Crippen LogP contribution in [0.4, 0.5) is 5.69 Å². The van der Waals surface area contributed by atoms with Crippen LogP contribution in [0.5, 0.6) is 0 Å². The molecule has 5 nitrogen and oxygen atoms in total. The quantitative estimate of drug-likeness (QED) is 0.728. The average Bonchev–Trinajstić information content (AvgIpc) is 2.65. The van der Waals surface area contributed by atoms with Crippen LogP contribution >= 0.6 is 15.9 Å². The normalized spacial score (nSPS) is 18.1. The summed E-state index contributed by atoms with van der Waals surface area (Å²) in [6.45, 7) is 6.46. The van der Waals surface area contributed by atoms with E-state index >= 15 is 0 Å². The molecule has 7 heteroatoms. The second-order valence-corrected chi connectivity index (χ2v) is 10.3. The Bertz CT molecular complexity index is 964. The molecule has 2 aromatic rings. The zero-order valence-corrected chi connectivity index (χ0v) is 18.7. The number of nitrogens with zero attached hydrogens (tertiary/aromatic N) is 1. The van der Waals surface area contributed by atoms with Gasteiger partial charge in [0.15, 0.2) is 0 Å². The molecule has 0 radical (unpaired) electrons. The van der Waals surface area contributed by atoms with Crippen LogP contribution < -0.4 is 5.32 Å². The molecule has 0 spiro atoms. The summed E-state index contributed by atoms with van der Waals surface area (Å²) in [6, 6.07) is 10.8. The second-order valence-electron chi connectivity index (χ2n) is 7.42. The first-order chi connectivity index (χ1) is 13.2. The Morgan fingerprint density at radius 1 is 1.11 bits per heavy atom. The molecule has 3 rings (SSSR count). The van der Waals surface area contributed by atoms with Crippen molar-refractivity contribution in [1.82, 2.24) is 4.31 Å². The van der Waals surface area contributed by atoms with Gasteiger partial charge in [0.1, 0.15) is 0 Å². The lowest BCUT2D eigenvalue weighted by Crippen LogP contribution is -2.43. The molecule has 28 heavy (non-hydrogen) atoms. The topological polar surface area (TPSA) is 66.5 Å². The van der Waals surface area contributed by atoms with Gasteiger partial charge in [0.25, 0.3) is 0 Å². The van der Waals surface area contributed by atoms with Gasteiger partial charge in [-0.1, -0.05) is 33.6 Å². The largest absolute Gasteiger partial charge is 0.325 e. The van der Waals surface area contributed by atoms with Crippen molar-refractivity contribution in [2.45, 2.75) is 38.5 Å². The molecule has 1 amide bonds. The van der Waals surface area contributed by atoms with E-state index in [1.54, 1.807) is 24.3 Å². The number of halogens is 1. The molecular formula is C21H25BrN2O3S. The molecular weight excluding hydrogens is 440 g/mol. The average molecular weight is 465 g/mol. The molecule has 1 aliphatic heterocycles. The lowest BCUT2D eigenvalue weighted by atomic mass is 9.98. The summed E-state index contributed by atoms with van der Waals surface area (Å²) in [7, 11) is -3.59. The number of hydrogen-bond donors (Lipinski definition) is 1. The molecule has 0 aliphatic carbocycles. The summed E-state index contributed by atoms with van der Waals surface area (Å²) in [5.41, 5.74) is 3.75. The third-order valence-corrected chi connectivity index (χ3v) is 7.50. The van der Waals surface area contributed by atoms with E-state index in [-0.39, 0.29) is 23.3 Å². The fraction of sp³-hybridized carbons (Fsp3) is 0.381. The molecule has 1 fully saturated rings. The maximum atomic E-state index is 13.0. The fourth-order valence-corrected chi connectivity index (χ4v) is 5.78. The van der Waals surface area contributed by atoms with Gasteiger partial charge in [0.2, 0.25) is 15.9 Å². The van der Waals surface area contributed by atoms with Crippen LogP contribution in [0, 0.1) is 26.7 Å². The van der Waals surface area contributed by atoms with Gasteiger partial charge in [-0.15, -0.1) is 0 Å². The van der Waals surface area contributed by atoms with E-state index in [9.17, 15) is 13.2 Å². The van der Waals surface area contributed by atoms with Gasteiger partial charge in [0, 0.05) is 23.2 Å². The molecule has 1 unspecified atom stereocenters. The highest BCUT2D eigenvalue weighted by molar-refractivity contribution is 9.10. The van der Waals surface area contributed by atoms with Crippen molar-refractivity contribution >= 4 is 37.5 Å². The smallest absolute Gasteiger partial charge is 0.243 e. The Kier molecular flexibility index (Phi) is 6.27. The monoisotopic (exact) mass is 464 g/mol. The fourth-order valence-electron chi connectivity index (χ4n) is 3.57. The van der Waals surface area contributed by atoms with E-state index in [1.165, 1.54) is 4.31 Å². The number of amides is 1. The first-order valence-corrected chi connectivity index (χ1v) is 11.6. The predicted octanol–water partition coefficient (Wildman–Crippen LogP) is 4.41. The molecule has 1 aliphatic rings. The lowest BCUT2D eigenvalue weighted by Gasteiger charge is -2.31. The van der Waals surface area contributed by atoms with Crippen LogP contribution in [-0.2, 0) is 14.8 Å². The predicted molar refractivity (Wildman–Crippen MR) is 115 cm³/mol. The molecule has 0 aromatic heterocycles. The molecule has 1 atom stereocenters. The number of piperidine rings is 1. The number of carbonyl (C=O) groups excluding carboxylic acids is 1. The summed E-state index contributed by atoms with van der Waals surface area (Å²) in [6.07, 6.45) is 1.35. The number of anilines is 1.